The lowest BCUT2D eigenvalue weighted by Gasteiger charge is -2.20. The Kier molecular flexibility index (Phi) is 4.89. The average Bonchev–Trinajstić information content (AvgIpc) is 3.06. The predicted octanol–water partition coefficient (Wildman–Crippen LogP) is 2.35. The van der Waals surface area contributed by atoms with Gasteiger partial charge in [-0.25, -0.2) is 4.98 Å². The second kappa shape index (κ2) is 6.65. The Morgan fingerprint density at radius 1 is 1.40 bits per heavy atom. The summed E-state index contributed by atoms with van der Waals surface area (Å²) in [5.74, 6) is 1.52. The molecule has 20 heavy (non-hydrogen) atoms. The Hall–Kier alpha value is -1.69. The lowest BCUT2D eigenvalue weighted by Crippen LogP contribution is -2.32. The molecule has 2 unspecified atom stereocenters. The average molecular weight is 277 g/mol. The summed E-state index contributed by atoms with van der Waals surface area (Å²) in [6.45, 7) is 7.47. The van der Waals surface area contributed by atoms with Crippen LogP contribution < -0.4 is 5.32 Å². The van der Waals surface area contributed by atoms with Crippen LogP contribution in [0.4, 0.5) is 0 Å². The lowest BCUT2D eigenvalue weighted by atomic mass is 9.98. The molecule has 0 bridgehead atoms. The van der Waals surface area contributed by atoms with Gasteiger partial charge in [0.05, 0.1) is 18.4 Å². The molecule has 0 radical (unpaired) electrons. The summed E-state index contributed by atoms with van der Waals surface area (Å²) >= 11 is 0. The summed E-state index contributed by atoms with van der Waals surface area (Å²) in [5.41, 5.74) is 0.865. The number of nitrogens with one attached hydrogen (secondary N) is 1. The van der Waals surface area contributed by atoms with Crippen molar-refractivity contribution in [3.8, 4) is 11.5 Å². The predicted molar refractivity (Wildman–Crippen MR) is 77.3 cm³/mol. The largest absolute Gasteiger partial charge is 0.339 e. The van der Waals surface area contributed by atoms with E-state index in [1.54, 1.807) is 12.5 Å². The number of imidazole rings is 1. The molecule has 1 N–H and O–H groups in total. The van der Waals surface area contributed by atoms with E-state index in [0.717, 1.165) is 25.1 Å². The number of nitrogens with zero attached hydrogens (tertiary/aromatic N) is 4. The van der Waals surface area contributed by atoms with Crippen molar-refractivity contribution in [2.75, 3.05) is 6.54 Å². The molecule has 0 amide bonds. The molecule has 2 aromatic heterocycles. The van der Waals surface area contributed by atoms with E-state index in [-0.39, 0.29) is 5.92 Å². The Morgan fingerprint density at radius 3 is 2.80 bits per heavy atom. The minimum absolute atomic E-state index is 0.232. The minimum atomic E-state index is 0.232. The lowest BCUT2D eigenvalue weighted by molar-refractivity contribution is 0.316. The van der Waals surface area contributed by atoms with Crippen molar-refractivity contribution in [1.29, 1.82) is 0 Å². The molecular formula is C14H23N5O. The summed E-state index contributed by atoms with van der Waals surface area (Å²) in [7, 11) is 1.92. The molecule has 0 aliphatic rings. The molecule has 0 spiro atoms. The highest BCUT2D eigenvalue weighted by atomic mass is 16.5. The van der Waals surface area contributed by atoms with Crippen LogP contribution in [-0.4, -0.2) is 32.3 Å². The van der Waals surface area contributed by atoms with Gasteiger partial charge in [-0.05, 0) is 26.3 Å². The third kappa shape index (κ3) is 3.07. The molecule has 2 rings (SSSR count). The first-order chi connectivity index (χ1) is 9.67. The molecule has 0 aliphatic carbocycles. The minimum Gasteiger partial charge on any atom is -0.339 e. The molecule has 0 aromatic carbocycles. The number of aryl methyl sites for hydroxylation is 1. The van der Waals surface area contributed by atoms with E-state index >= 15 is 0 Å². The van der Waals surface area contributed by atoms with Gasteiger partial charge in [-0.1, -0.05) is 19.0 Å². The van der Waals surface area contributed by atoms with Crippen LogP contribution in [0.25, 0.3) is 11.5 Å². The van der Waals surface area contributed by atoms with Crippen LogP contribution in [0.5, 0.6) is 0 Å². The summed E-state index contributed by atoms with van der Waals surface area (Å²) in [6.07, 6.45) is 5.55. The van der Waals surface area contributed by atoms with Crippen LogP contribution in [0.1, 0.15) is 45.4 Å². The highest BCUT2D eigenvalue weighted by Crippen LogP contribution is 2.24. The second-order valence-electron chi connectivity index (χ2n) is 5.10. The van der Waals surface area contributed by atoms with Gasteiger partial charge in [0, 0.05) is 13.1 Å². The fourth-order valence-corrected chi connectivity index (χ4v) is 2.32. The molecule has 0 saturated heterocycles. The Morgan fingerprint density at radius 2 is 2.20 bits per heavy atom. The first kappa shape index (κ1) is 14.7. The van der Waals surface area contributed by atoms with Crippen molar-refractivity contribution >= 4 is 0 Å². The topological polar surface area (TPSA) is 68.8 Å². The van der Waals surface area contributed by atoms with Gasteiger partial charge < -0.3 is 14.4 Å². The third-order valence-corrected chi connectivity index (χ3v) is 3.56. The first-order valence-electron chi connectivity index (χ1n) is 7.21. The van der Waals surface area contributed by atoms with Crippen LogP contribution in [0.2, 0.25) is 0 Å². The summed E-state index contributed by atoms with van der Waals surface area (Å²) in [5, 5.41) is 7.57. The van der Waals surface area contributed by atoms with Gasteiger partial charge in [-0.3, -0.25) is 0 Å². The van der Waals surface area contributed by atoms with Crippen molar-refractivity contribution < 1.29 is 4.52 Å². The van der Waals surface area contributed by atoms with Gasteiger partial charge in [0.1, 0.15) is 5.69 Å². The van der Waals surface area contributed by atoms with Gasteiger partial charge in [0.15, 0.2) is 0 Å². The molecule has 6 nitrogen and oxygen atoms in total. The Bertz CT molecular complexity index is 533. The highest BCUT2D eigenvalue weighted by Gasteiger charge is 2.24. The standard InChI is InChI=1S/C14H23N5O/c1-5-7-16-10(3)11(6-2)14-17-13(18-20-14)12-8-15-9-19(12)4/h8-11,16H,5-7H2,1-4H3. The molecule has 2 aromatic rings. The van der Waals surface area contributed by atoms with Gasteiger partial charge in [0.25, 0.3) is 0 Å². The quantitative estimate of drug-likeness (QED) is 0.841. The second-order valence-corrected chi connectivity index (χ2v) is 5.10. The molecule has 0 aliphatic heterocycles. The SMILES string of the molecule is CCCNC(C)C(CC)c1nc(-c2cncn2C)no1. The van der Waals surface area contributed by atoms with E-state index in [4.69, 9.17) is 4.52 Å². The monoisotopic (exact) mass is 277 g/mol. The van der Waals surface area contributed by atoms with Gasteiger partial charge in [-0.2, -0.15) is 4.98 Å². The number of aromatic nitrogens is 4. The van der Waals surface area contributed by atoms with Crippen LogP contribution in [0.15, 0.2) is 17.0 Å². The van der Waals surface area contributed by atoms with Gasteiger partial charge in [-0.15, -0.1) is 0 Å². The number of rotatable bonds is 7. The normalized spacial score (nSPS) is 14.4. The van der Waals surface area contributed by atoms with Crippen molar-refractivity contribution in [2.24, 2.45) is 7.05 Å². The summed E-state index contributed by atoms with van der Waals surface area (Å²) in [6, 6.07) is 0.319. The molecule has 2 heterocycles. The van der Waals surface area contributed by atoms with Crippen LogP contribution in [0.3, 0.4) is 0 Å². The summed E-state index contributed by atoms with van der Waals surface area (Å²) < 4.78 is 7.34. The summed E-state index contributed by atoms with van der Waals surface area (Å²) in [4.78, 5) is 8.61. The van der Waals surface area contributed by atoms with Crippen molar-refractivity contribution in [3.63, 3.8) is 0 Å². The van der Waals surface area contributed by atoms with Crippen LogP contribution in [0, 0.1) is 0 Å². The van der Waals surface area contributed by atoms with Crippen molar-refractivity contribution in [2.45, 2.75) is 45.6 Å². The van der Waals surface area contributed by atoms with Gasteiger partial charge in [0.2, 0.25) is 11.7 Å². The number of hydrogen-bond acceptors (Lipinski definition) is 5. The molecule has 110 valence electrons. The van der Waals surface area contributed by atoms with Crippen molar-refractivity contribution in [3.05, 3.63) is 18.4 Å². The Balaban J connectivity index is 2.16. The first-order valence-corrected chi connectivity index (χ1v) is 7.21. The van der Waals surface area contributed by atoms with E-state index in [0.29, 0.717) is 17.8 Å². The Labute approximate surface area is 119 Å². The van der Waals surface area contributed by atoms with E-state index < -0.39 is 0 Å². The fraction of sp³-hybridized carbons (Fsp3) is 0.643. The zero-order valence-electron chi connectivity index (χ0n) is 12.6. The maximum absolute atomic E-state index is 5.46. The molecule has 0 saturated carbocycles. The number of hydrogen-bond donors (Lipinski definition) is 1. The zero-order chi connectivity index (χ0) is 14.5. The maximum atomic E-state index is 5.46. The third-order valence-electron chi connectivity index (χ3n) is 3.56. The maximum Gasteiger partial charge on any atom is 0.231 e. The smallest absolute Gasteiger partial charge is 0.231 e. The molecule has 2 atom stereocenters. The van der Waals surface area contributed by atoms with Crippen molar-refractivity contribution in [1.82, 2.24) is 25.0 Å². The fourth-order valence-electron chi connectivity index (χ4n) is 2.32. The van der Waals surface area contributed by atoms with E-state index in [1.807, 2.05) is 11.6 Å². The highest BCUT2D eigenvalue weighted by molar-refractivity contribution is 5.47. The zero-order valence-corrected chi connectivity index (χ0v) is 12.6. The van der Waals surface area contributed by atoms with E-state index in [9.17, 15) is 0 Å². The van der Waals surface area contributed by atoms with Gasteiger partial charge >= 0.3 is 0 Å². The van der Waals surface area contributed by atoms with E-state index in [1.165, 1.54) is 0 Å². The van der Waals surface area contributed by atoms with E-state index in [2.05, 4.69) is 41.2 Å². The van der Waals surface area contributed by atoms with Crippen LogP contribution >= 0.6 is 0 Å². The molecular weight excluding hydrogens is 254 g/mol. The molecule has 0 fully saturated rings. The van der Waals surface area contributed by atoms with Crippen LogP contribution in [-0.2, 0) is 7.05 Å². The molecule has 6 heteroatoms.